The van der Waals surface area contributed by atoms with Crippen LogP contribution in [0.4, 0.5) is 0 Å². The molecule has 1 aromatic rings. The Morgan fingerprint density at radius 3 is 2.11 bits per heavy atom. The van der Waals surface area contributed by atoms with Gasteiger partial charge in [0.2, 0.25) is 10.0 Å². The van der Waals surface area contributed by atoms with Gasteiger partial charge < -0.3 is 0 Å². The summed E-state index contributed by atoms with van der Waals surface area (Å²) < 4.78 is 26.4. The maximum absolute atomic E-state index is 11.9. The first-order chi connectivity index (χ1) is 8.72. The van der Waals surface area contributed by atoms with Crippen LogP contribution in [0.1, 0.15) is 38.3 Å². The second-order valence-corrected chi connectivity index (χ2v) is 8.39. The molecule has 3 nitrogen and oxygen atoms in total. The van der Waals surface area contributed by atoms with E-state index in [1.807, 2.05) is 45.0 Å². The van der Waals surface area contributed by atoms with Crippen LogP contribution in [0, 0.1) is 5.41 Å². The summed E-state index contributed by atoms with van der Waals surface area (Å²) in [4.78, 5) is 0. The summed E-state index contributed by atoms with van der Waals surface area (Å²) in [7, 11) is -3.19. The molecule has 0 amide bonds. The number of rotatable bonds is 6. The van der Waals surface area contributed by atoms with Crippen molar-refractivity contribution in [1.29, 1.82) is 0 Å². The van der Waals surface area contributed by atoms with Gasteiger partial charge in [0.15, 0.2) is 0 Å². The van der Waals surface area contributed by atoms with Crippen molar-refractivity contribution in [2.24, 2.45) is 5.41 Å². The van der Waals surface area contributed by atoms with Gasteiger partial charge in [0, 0.05) is 11.9 Å². The molecule has 0 aliphatic heterocycles. The SMILES string of the molecule is CC(C)(C)CCS(=O)(=O)NCc1ccc(CBr)cc1. The van der Waals surface area contributed by atoms with E-state index in [0.717, 1.165) is 10.9 Å². The molecule has 0 spiro atoms. The molecule has 0 aliphatic carbocycles. The first-order valence-electron chi connectivity index (χ1n) is 6.33. The van der Waals surface area contributed by atoms with Crippen molar-refractivity contribution in [3.8, 4) is 0 Å². The fraction of sp³-hybridized carbons (Fsp3) is 0.571. The van der Waals surface area contributed by atoms with E-state index in [2.05, 4.69) is 20.7 Å². The zero-order valence-corrected chi connectivity index (χ0v) is 14.1. The van der Waals surface area contributed by atoms with E-state index >= 15 is 0 Å². The van der Waals surface area contributed by atoms with Crippen molar-refractivity contribution in [1.82, 2.24) is 4.72 Å². The van der Waals surface area contributed by atoms with Gasteiger partial charge in [-0.05, 0) is 23.0 Å². The van der Waals surface area contributed by atoms with Gasteiger partial charge in [-0.25, -0.2) is 13.1 Å². The van der Waals surface area contributed by atoms with Crippen molar-refractivity contribution < 1.29 is 8.42 Å². The Kier molecular flexibility index (Phi) is 6.02. The third-order valence-corrected chi connectivity index (χ3v) is 4.77. The topological polar surface area (TPSA) is 46.2 Å². The Labute approximate surface area is 125 Å². The van der Waals surface area contributed by atoms with Gasteiger partial charge in [-0.3, -0.25) is 0 Å². The molecule has 0 aromatic heterocycles. The van der Waals surface area contributed by atoms with E-state index in [0.29, 0.717) is 13.0 Å². The molecule has 0 unspecified atom stereocenters. The fourth-order valence-corrected chi connectivity index (χ4v) is 3.24. The smallest absolute Gasteiger partial charge is 0.211 e. The lowest BCUT2D eigenvalue weighted by atomic mass is 9.94. The van der Waals surface area contributed by atoms with E-state index < -0.39 is 10.0 Å². The summed E-state index contributed by atoms with van der Waals surface area (Å²) in [6, 6.07) is 7.88. The molecule has 0 aliphatic rings. The molecule has 0 atom stereocenters. The Morgan fingerprint density at radius 2 is 1.63 bits per heavy atom. The van der Waals surface area contributed by atoms with Crippen molar-refractivity contribution in [2.45, 2.75) is 39.1 Å². The van der Waals surface area contributed by atoms with Crippen LogP contribution in [0.3, 0.4) is 0 Å². The highest BCUT2D eigenvalue weighted by molar-refractivity contribution is 9.08. The third kappa shape index (κ3) is 7.09. The lowest BCUT2D eigenvalue weighted by Gasteiger charge is -2.17. The highest BCUT2D eigenvalue weighted by Gasteiger charge is 2.16. The molecule has 1 N–H and O–H groups in total. The maximum Gasteiger partial charge on any atom is 0.211 e. The standard InChI is InChI=1S/C14H22BrNO2S/c1-14(2,3)8-9-19(17,18)16-11-13-6-4-12(10-15)5-7-13/h4-7,16H,8-11H2,1-3H3. The molecule has 1 rings (SSSR count). The number of nitrogens with one attached hydrogen (secondary N) is 1. The predicted octanol–water partition coefficient (Wildman–Crippen LogP) is 3.44. The van der Waals surface area contributed by atoms with Gasteiger partial charge in [-0.2, -0.15) is 0 Å². The fourth-order valence-electron chi connectivity index (χ4n) is 1.45. The molecule has 19 heavy (non-hydrogen) atoms. The van der Waals surface area contributed by atoms with E-state index in [1.165, 1.54) is 5.56 Å². The Morgan fingerprint density at radius 1 is 1.11 bits per heavy atom. The summed E-state index contributed by atoms with van der Waals surface area (Å²) in [6.45, 7) is 6.49. The van der Waals surface area contributed by atoms with Crippen LogP contribution in [0.2, 0.25) is 0 Å². The molecule has 0 saturated heterocycles. The molecule has 108 valence electrons. The number of hydrogen-bond donors (Lipinski definition) is 1. The number of alkyl halides is 1. The van der Waals surface area contributed by atoms with Gasteiger partial charge in [0.25, 0.3) is 0 Å². The summed E-state index contributed by atoms with van der Waals surface area (Å²) >= 11 is 3.38. The van der Waals surface area contributed by atoms with E-state index in [-0.39, 0.29) is 11.2 Å². The average Bonchev–Trinajstić information content (AvgIpc) is 2.34. The van der Waals surface area contributed by atoms with Gasteiger partial charge >= 0.3 is 0 Å². The van der Waals surface area contributed by atoms with Gasteiger partial charge in [0.05, 0.1) is 5.75 Å². The number of halogens is 1. The molecule has 0 heterocycles. The highest BCUT2D eigenvalue weighted by atomic mass is 79.9. The number of sulfonamides is 1. The van der Waals surface area contributed by atoms with Crippen LogP contribution in [0.25, 0.3) is 0 Å². The zero-order valence-electron chi connectivity index (χ0n) is 11.7. The number of hydrogen-bond acceptors (Lipinski definition) is 2. The second kappa shape index (κ2) is 6.86. The largest absolute Gasteiger partial charge is 0.212 e. The lowest BCUT2D eigenvalue weighted by Crippen LogP contribution is -2.28. The third-order valence-electron chi connectivity index (χ3n) is 2.79. The first kappa shape index (κ1) is 16.7. The van der Waals surface area contributed by atoms with Crippen molar-refractivity contribution in [3.05, 3.63) is 35.4 Å². The Balaban J connectivity index is 2.50. The molecule has 1 aromatic carbocycles. The average molecular weight is 348 g/mol. The van der Waals surface area contributed by atoms with Crippen molar-refractivity contribution >= 4 is 26.0 Å². The van der Waals surface area contributed by atoms with Crippen LogP contribution in [-0.2, 0) is 21.9 Å². The minimum atomic E-state index is -3.19. The molecule has 0 bridgehead atoms. The Bertz CT molecular complexity index is 489. The summed E-state index contributed by atoms with van der Waals surface area (Å²) in [5.41, 5.74) is 2.19. The van der Waals surface area contributed by atoms with E-state index in [1.54, 1.807) is 0 Å². The zero-order chi connectivity index (χ0) is 14.5. The molecule has 0 radical (unpaired) electrons. The quantitative estimate of drug-likeness (QED) is 0.801. The minimum absolute atomic E-state index is 0.0340. The van der Waals surface area contributed by atoms with Gasteiger partial charge in [-0.15, -0.1) is 0 Å². The Hall–Kier alpha value is -0.390. The van der Waals surface area contributed by atoms with Gasteiger partial charge in [0.1, 0.15) is 0 Å². The monoisotopic (exact) mass is 347 g/mol. The molecular weight excluding hydrogens is 326 g/mol. The summed E-state index contributed by atoms with van der Waals surface area (Å²) in [5, 5.41) is 0.810. The summed E-state index contributed by atoms with van der Waals surface area (Å²) in [6.07, 6.45) is 0.658. The normalized spacial score (nSPS) is 12.6. The van der Waals surface area contributed by atoms with Crippen LogP contribution >= 0.6 is 15.9 Å². The highest BCUT2D eigenvalue weighted by Crippen LogP contribution is 2.19. The van der Waals surface area contributed by atoms with Gasteiger partial charge in [-0.1, -0.05) is 61.0 Å². The summed E-state index contributed by atoms with van der Waals surface area (Å²) in [5.74, 6) is 0.177. The number of benzene rings is 1. The molecule has 0 saturated carbocycles. The molecule has 5 heteroatoms. The minimum Gasteiger partial charge on any atom is -0.212 e. The maximum atomic E-state index is 11.9. The van der Waals surface area contributed by atoms with Crippen LogP contribution in [-0.4, -0.2) is 14.2 Å². The van der Waals surface area contributed by atoms with E-state index in [9.17, 15) is 8.42 Å². The van der Waals surface area contributed by atoms with Crippen LogP contribution in [0.5, 0.6) is 0 Å². The van der Waals surface area contributed by atoms with E-state index in [4.69, 9.17) is 0 Å². The van der Waals surface area contributed by atoms with Crippen LogP contribution < -0.4 is 4.72 Å². The van der Waals surface area contributed by atoms with Crippen molar-refractivity contribution in [3.63, 3.8) is 0 Å². The predicted molar refractivity (Wildman–Crippen MR) is 83.8 cm³/mol. The second-order valence-electron chi connectivity index (χ2n) is 5.90. The first-order valence-corrected chi connectivity index (χ1v) is 9.10. The van der Waals surface area contributed by atoms with Crippen LogP contribution in [0.15, 0.2) is 24.3 Å². The molecular formula is C14H22BrNO2S. The van der Waals surface area contributed by atoms with Crippen molar-refractivity contribution in [2.75, 3.05) is 5.75 Å². The lowest BCUT2D eigenvalue weighted by molar-refractivity contribution is 0.396. The molecule has 0 fully saturated rings.